The topological polar surface area (TPSA) is 67.4 Å². The SMILES string of the molecule is CC(C)OCCNS(=O)(=O)c1cccc2c1CCCN2. The van der Waals surface area contributed by atoms with Gasteiger partial charge in [-0.05, 0) is 44.4 Å². The highest BCUT2D eigenvalue weighted by atomic mass is 32.2. The molecule has 20 heavy (non-hydrogen) atoms. The zero-order valence-corrected chi connectivity index (χ0v) is 12.8. The van der Waals surface area contributed by atoms with E-state index in [0.717, 1.165) is 30.6 Å². The third-order valence-electron chi connectivity index (χ3n) is 3.19. The fraction of sp³-hybridized carbons (Fsp3) is 0.571. The molecule has 0 aromatic heterocycles. The Morgan fingerprint density at radius 2 is 2.20 bits per heavy atom. The lowest BCUT2D eigenvalue weighted by Crippen LogP contribution is -2.29. The zero-order valence-electron chi connectivity index (χ0n) is 12.0. The molecular formula is C14H22N2O3S. The highest BCUT2D eigenvalue weighted by molar-refractivity contribution is 7.89. The summed E-state index contributed by atoms with van der Waals surface area (Å²) in [6.07, 6.45) is 1.85. The van der Waals surface area contributed by atoms with E-state index in [9.17, 15) is 8.42 Å². The van der Waals surface area contributed by atoms with E-state index in [1.165, 1.54) is 0 Å². The van der Waals surface area contributed by atoms with Gasteiger partial charge >= 0.3 is 0 Å². The monoisotopic (exact) mass is 298 g/mol. The van der Waals surface area contributed by atoms with Crippen molar-refractivity contribution in [1.29, 1.82) is 0 Å². The summed E-state index contributed by atoms with van der Waals surface area (Å²) < 4.78 is 32.7. The van der Waals surface area contributed by atoms with E-state index in [-0.39, 0.29) is 12.6 Å². The number of nitrogens with one attached hydrogen (secondary N) is 2. The van der Waals surface area contributed by atoms with Gasteiger partial charge in [-0.25, -0.2) is 13.1 Å². The molecule has 2 rings (SSSR count). The first-order chi connectivity index (χ1) is 9.50. The average Bonchev–Trinajstić information content (AvgIpc) is 2.43. The molecule has 0 amide bonds. The molecule has 0 bridgehead atoms. The lowest BCUT2D eigenvalue weighted by atomic mass is 10.0. The molecule has 0 saturated carbocycles. The molecular weight excluding hydrogens is 276 g/mol. The minimum atomic E-state index is -3.47. The van der Waals surface area contributed by atoms with Gasteiger partial charge in [0.2, 0.25) is 10.0 Å². The van der Waals surface area contributed by atoms with Gasteiger partial charge in [-0.3, -0.25) is 0 Å². The normalized spacial score (nSPS) is 14.9. The van der Waals surface area contributed by atoms with Gasteiger partial charge < -0.3 is 10.1 Å². The third-order valence-corrected chi connectivity index (χ3v) is 4.73. The minimum absolute atomic E-state index is 0.105. The number of hydrogen-bond acceptors (Lipinski definition) is 4. The molecule has 5 nitrogen and oxygen atoms in total. The fourth-order valence-electron chi connectivity index (χ4n) is 2.28. The summed E-state index contributed by atoms with van der Waals surface area (Å²) in [6.45, 7) is 5.41. The molecule has 6 heteroatoms. The molecule has 1 heterocycles. The van der Waals surface area contributed by atoms with Crippen LogP contribution in [0.4, 0.5) is 5.69 Å². The van der Waals surface area contributed by atoms with Crippen molar-refractivity contribution >= 4 is 15.7 Å². The van der Waals surface area contributed by atoms with Crippen molar-refractivity contribution < 1.29 is 13.2 Å². The van der Waals surface area contributed by atoms with E-state index >= 15 is 0 Å². The quantitative estimate of drug-likeness (QED) is 0.785. The van der Waals surface area contributed by atoms with Gasteiger partial charge in [-0.15, -0.1) is 0 Å². The van der Waals surface area contributed by atoms with Crippen molar-refractivity contribution in [2.45, 2.75) is 37.7 Å². The summed E-state index contributed by atoms with van der Waals surface area (Å²) in [5.41, 5.74) is 1.81. The standard InChI is InChI=1S/C14H22N2O3S/c1-11(2)19-10-9-16-20(17,18)14-7-3-6-13-12(14)5-4-8-15-13/h3,6-7,11,15-16H,4-5,8-10H2,1-2H3. The fourth-order valence-corrected chi connectivity index (χ4v) is 3.58. The summed E-state index contributed by atoms with van der Waals surface area (Å²) >= 11 is 0. The Hall–Kier alpha value is -1.11. The zero-order chi connectivity index (χ0) is 14.6. The maximum absolute atomic E-state index is 12.4. The third kappa shape index (κ3) is 3.71. The van der Waals surface area contributed by atoms with Gasteiger partial charge in [0.1, 0.15) is 0 Å². The molecule has 0 spiro atoms. The number of ether oxygens (including phenoxy) is 1. The van der Waals surface area contributed by atoms with E-state index < -0.39 is 10.0 Å². The van der Waals surface area contributed by atoms with Crippen LogP contribution in [-0.4, -0.2) is 34.2 Å². The molecule has 1 aromatic rings. The van der Waals surface area contributed by atoms with Crippen LogP contribution >= 0.6 is 0 Å². The van der Waals surface area contributed by atoms with E-state index in [0.29, 0.717) is 11.5 Å². The number of hydrogen-bond donors (Lipinski definition) is 2. The van der Waals surface area contributed by atoms with Gasteiger partial charge in [0.15, 0.2) is 0 Å². The predicted molar refractivity (Wildman–Crippen MR) is 79.5 cm³/mol. The van der Waals surface area contributed by atoms with E-state index in [1.807, 2.05) is 19.9 Å². The molecule has 112 valence electrons. The lowest BCUT2D eigenvalue weighted by Gasteiger charge is -2.21. The largest absolute Gasteiger partial charge is 0.385 e. The predicted octanol–water partition coefficient (Wildman–Crippen LogP) is 1.75. The number of fused-ring (bicyclic) bond motifs is 1. The second-order valence-electron chi connectivity index (χ2n) is 5.13. The minimum Gasteiger partial charge on any atom is -0.385 e. The highest BCUT2D eigenvalue weighted by Gasteiger charge is 2.21. The maximum Gasteiger partial charge on any atom is 0.240 e. The molecule has 1 aliphatic heterocycles. The first-order valence-corrected chi connectivity index (χ1v) is 8.46. The Morgan fingerprint density at radius 3 is 2.95 bits per heavy atom. The first kappa shape index (κ1) is 15.3. The van der Waals surface area contributed by atoms with Crippen LogP contribution in [0.2, 0.25) is 0 Å². The van der Waals surface area contributed by atoms with Crippen LogP contribution in [0, 0.1) is 0 Å². The van der Waals surface area contributed by atoms with Crippen molar-refractivity contribution in [1.82, 2.24) is 4.72 Å². The average molecular weight is 298 g/mol. The van der Waals surface area contributed by atoms with Crippen LogP contribution in [0.3, 0.4) is 0 Å². The van der Waals surface area contributed by atoms with Crippen molar-refractivity contribution in [3.8, 4) is 0 Å². The highest BCUT2D eigenvalue weighted by Crippen LogP contribution is 2.28. The van der Waals surface area contributed by atoms with Crippen molar-refractivity contribution in [2.24, 2.45) is 0 Å². The van der Waals surface area contributed by atoms with Crippen LogP contribution in [0.5, 0.6) is 0 Å². The Kier molecular flexibility index (Phi) is 5.01. The molecule has 0 saturated heterocycles. The smallest absolute Gasteiger partial charge is 0.240 e. The van der Waals surface area contributed by atoms with E-state index in [4.69, 9.17) is 4.74 Å². The summed E-state index contributed by atoms with van der Waals surface area (Å²) in [6, 6.07) is 5.36. The number of anilines is 1. The van der Waals surface area contributed by atoms with Crippen molar-refractivity contribution in [3.63, 3.8) is 0 Å². The first-order valence-electron chi connectivity index (χ1n) is 6.98. The van der Waals surface area contributed by atoms with Crippen LogP contribution in [0.1, 0.15) is 25.8 Å². The van der Waals surface area contributed by atoms with Gasteiger partial charge in [0.05, 0.1) is 17.6 Å². The van der Waals surface area contributed by atoms with E-state index in [2.05, 4.69) is 10.0 Å². The molecule has 2 N–H and O–H groups in total. The van der Waals surface area contributed by atoms with Crippen molar-refractivity contribution in [3.05, 3.63) is 23.8 Å². The second-order valence-corrected chi connectivity index (χ2v) is 6.87. The van der Waals surface area contributed by atoms with Crippen molar-refractivity contribution in [2.75, 3.05) is 25.0 Å². The summed E-state index contributed by atoms with van der Waals surface area (Å²) in [5.74, 6) is 0. The molecule has 1 aromatic carbocycles. The Bertz CT molecular complexity index is 556. The molecule has 0 aliphatic carbocycles. The van der Waals surface area contributed by atoms with E-state index in [1.54, 1.807) is 12.1 Å². The Morgan fingerprint density at radius 1 is 1.40 bits per heavy atom. The number of benzene rings is 1. The maximum atomic E-state index is 12.4. The summed E-state index contributed by atoms with van der Waals surface area (Å²) in [7, 11) is -3.47. The molecule has 0 atom stereocenters. The van der Waals surface area contributed by atoms with Gasteiger partial charge in [0, 0.05) is 18.8 Å². The van der Waals surface area contributed by atoms with Gasteiger partial charge in [0.25, 0.3) is 0 Å². The Labute approximate surface area is 120 Å². The molecule has 0 radical (unpaired) electrons. The van der Waals surface area contributed by atoms with Crippen LogP contribution in [0.15, 0.2) is 23.1 Å². The number of sulfonamides is 1. The van der Waals surface area contributed by atoms with Gasteiger partial charge in [-0.2, -0.15) is 0 Å². The van der Waals surface area contributed by atoms with Crippen LogP contribution < -0.4 is 10.0 Å². The van der Waals surface area contributed by atoms with Gasteiger partial charge in [-0.1, -0.05) is 6.07 Å². The summed E-state index contributed by atoms with van der Waals surface area (Å²) in [5, 5.41) is 3.24. The van der Waals surface area contributed by atoms with Crippen LogP contribution in [-0.2, 0) is 21.2 Å². The second kappa shape index (κ2) is 6.56. The summed E-state index contributed by atoms with van der Waals surface area (Å²) in [4.78, 5) is 0.381. The molecule has 0 unspecified atom stereocenters. The van der Waals surface area contributed by atoms with Crippen LogP contribution in [0.25, 0.3) is 0 Å². The lowest BCUT2D eigenvalue weighted by molar-refractivity contribution is 0.0834. The number of rotatable bonds is 6. The molecule has 1 aliphatic rings. The Balaban J connectivity index is 2.09. The molecule has 0 fully saturated rings.